The Morgan fingerprint density at radius 1 is 1.18 bits per heavy atom. The molecule has 0 fully saturated rings. The number of amides is 1. The third-order valence-corrected chi connectivity index (χ3v) is 3.37. The Morgan fingerprint density at radius 3 is 2.50 bits per heavy atom. The molecule has 1 heterocycles. The van der Waals surface area contributed by atoms with Crippen LogP contribution in [0.4, 0.5) is 0 Å². The fraction of sp³-hybridized carbons (Fsp3) is 0.167. The molecule has 4 heteroatoms. The fourth-order valence-corrected chi connectivity index (χ4v) is 2.28. The second kappa shape index (κ2) is 6.91. The van der Waals surface area contributed by atoms with E-state index < -0.39 is 5.91 Å². The molecule has 0 radical (unpaired) electrons. The molecule has 22 heavy (non-hydrogen) atoms. The van der Waals surface area contributed by atoms with E-state index in [2.05, 4.69) is 36.6 Å². The number of benzene rings is 1. The first kappa shape index (κ1) is 15.8. The predicted octanol–water partition coefficient (Wildman–Crippen LogP) is 3.51. The smallest absolute Gasteiger partial charge is 0.269 e. The Labute approximate surface area is 130 Å². The van der Waals surface area contributed by atoms with Gasteiger partial charge in [0.1, 0.15) is 0 Å². The van der Waals surface area contributed by atoms with Crippen LogP contribution in [0, 0.1) is 13.8 Å². The topological polar surface area (TPSA) is 45.5 Å². The van der Waals surface area contributed by atoms with Gasteiger partial charge in [-0.15, -0.1) is 0 Å². The first-order valence-corrected chi connectivity index (χ1v) is 7.05. The maximum absolute atomic E-state index is 11.2. The van der Waals surface area contributed by atoms with E-state index in [0.29, 0.717) is 5.06 Å². The number of nitrogens with zero attached hydrogens (tertiary/aromatic N) is 2. The molecule has 1 aromatic heterocycles. The van der Waals surface area contributed by atoms with Crippen molar-refractivity contribution < 1.29 is 10.0 Å². The van der Waals surface area contributed by atoms with Crippen LogP contribution in [-0.2, 0) is 4.79 Å². The number of hydroxylamine groups is 2. The molecule has 4 nitrogen and oxygen atoms in total. The van der Waals surface area contributed by atoms with Gasteiger partial charge in [0.05, 0.1) is 5.69 Å². The molecule has 1 aromatic carbocycles. The molecule has 0 unspecified atom stereocenters. The number of aryl methyl sites for hydroxylation is 2. The van der Waals surface area contributed by atoms with Crippen molar-refractivity contribution in [3.05, 3.63) is 71.6 Å². The molecular formula is C18H20N2O2. The van der Waals surface area contributed by atoms with Crippen molar-refractivity contribution in [1.29, 1.82) is 0 Å². The zero-order valence-electron chi connectivity index (χ0n) is 13.0. The maximum atomic E-state index is 11.2. The number of rotatable bonds is 4. The SMILES string of the molecule is Cc1cccc(C)c1-n1ccc(C=C/C=C/C(=O)N(C)O)c1. The van der Waals surface area contributed by atoms with Gasteiger partial charge in [0.25, 0.3) is 5.91 Å². The molecular weight excluding hydrogens is 276 g/mol. The summed E-state index contributed by atoms with van der Waals surface area (Å²) in [5, 5.41) is 9.47. The minimum atomic E-state index is -0.460. The van der Waals surface area contributed by atoms with Crippen LogP contribution in [0.5, 0.6) is 0 Å². The molecule has 0 atom stereocenters. The molecule has 0 bridgehead atoms. The number of hydrogen-bond donors (Lipinski definition) is 1. The summed E-state index contributed by atoms with van der Waals surface area (Å²) < 4.78 is 2.10. The molecule has 0 saturated heterocycles. The van der Waals surface area contributed by atoms with Gasteiger partial charge in [-0.3, -0.25) is 10.0 Å². The summed E-state index contributed by atoms with van der Waals surface area (Å²) in [5.41, 5.74) is 4.68. The van der Waals surface area contributed by atoms with E-state index >= 15 is 0 Å². The van der Waals surface area contributed by atoms with Crippen LogP contribution in [0.3, 0.4) is 0 Å². The van der Waals surface area contributed by atoms with Gasteiger partial charge < -0.3 is 4.57 Å². The molecule has 0 aliphatic carbocycles. The van der Waals surface area contributed by atoms with Crippen molar-refractivity contribution >= 4 is 12.0 Å². The van der Waals surface area contributed by atoms with Crippen molar-refractivity contribution in [3.63, 3.8) is 0 Å². The molecule has 1 amide bonds. The molecule has 0 saturated carbocycles. The summed E-state index contributed by atoms with van der Waals surface area (Å²) in [4.78, 5) is 11.2. The normalized spacial score (nSPS) is 11.5. The first-order chi connectivity index (χ1) is 10.5. The van der Waals surface area contributed by atoms with Crippen LogP contribution in [0.25, 0.3) is 11.8 Å². The maximum Gasteiger partial charge on any atom is 0.269 e. The molecule has 2 rings (SSSR count). The van der Waals surface area contributed by atoms with Crippen LogP contribution in [0.2, 0.25) is 0 Å². The fourth-order valence-electron chi connectivity index (χ4n) is 2.28. The van der Waals surface area contributed by atoms with E-state index in [9.17, 15) is 4.79 Å². The molecule has 0 aliphatic rings. The Bertz CT molecular complexity index is 704. The van der Waals surface area contributed by atoms with Crippen LogP contribution in [0.1, 0.15) is 16.7 Å². The lowest BCUT2D eigenvalue weighted by atomic mass is 10.1. The average Bonchev–Trinajstić information content (AvgIpc) is 2.91. The van der Waals surface area contributed by atoms with Gasteiger partial charge in [-0.2, -0.15) is 0 Å². The van der Waals surface area contributed by atoms with Gasteiger partial charge in [0, 0.05) is 25.5 Å². The van der Waals surface area contributed by atoms with Gasteiger partial charge in [-0.1, -0.05) is 36.4 Å². The van der Waals surface area contributed by atoms with E-state index in [0.717, 1.165) is 5.56 Å². The number of para-hydroxylation sites is 1. The summed E-state index contributed by atoms with van der Waals surface area (Å²) in [6.45, 7) is 4.19. The van der Waals surface area contributed by atoms with Crippen molar-refractivity contribution in [2.75, 3.05) is 7.05 Å². The van der Waals surface area contributed by atoms with Crippen LogP contribution in [-0.4, -0.2) is 27.8 Å². The zero-order chi connectivity index (χ0) is 16.1. The molecule has 1 N–H and O–H groups in total. The number of carbonyl (C=O) groups excluding carboxylic acids is 1. The Hall–Kier alpha value is -2.59. The van der Waals surface area contributed by atoms with Gasteiger partial charge in [0.15, 0.2) is 0 Å². The quantitative estimate of drug-likeness (QED) is 0.406. The minimum absolute atomic E-state index is 0.460. The lowest BCUT2D eigenvalue weighted by Gasteiger charge is -2.10. The summed E-state index contributed by atoms with van der Waals surface area (Å²) in [6, 6.07) is 8.25. The standard InChI is InChI=1S/C18H20N2O2/c1-14-7-6-8-15(2)18(14)20-12-11-16(13-20)9-4-5-10-17(21)19(3)22/h4-13,22H,1-3H3/b9-4?,10-5+. The number of carbonyl (C=O) groups is 1. The first-order valence-electron chi connectivity index (χ1n) is 7.05. The molecule has 2 aromatic rings. The van der Waals surface area contributed by atoms with Crippen molar-refractivity contribution in [2.24, 2.45) is 0 Å². The monoisotopic (exact) mass is 296 g/mol. The number of allylic oxidation sites excluding steroid dienone is 2. The molecule has 0 aliphatic heterocycles. The van der Waals surface area contributed by atoms with Crippen LogP contribution in [0.15, 0.2) is 54.9 Å². The highest BCUT2D eigenvalue weighted by atomic mass is 16.5. The van der Waals surface area contributed by atoms with Gasteiger partial charge >= 0.3 is 0 Å². The predicted molar refractivity (Wildman–Crippen MR) is 88.0 cm³/mol. The van der Waals surface area contributed by atoms with Gasteiger partial charge in [-0.25, -0.2) is 5.06 Å². The van der Waals surface area contributed by atoms with Crippen LogP contribution < -0.4 is 0 Å². The lowest BCUT2D eigenvalue weighted by molar-refractivity contribution is -0.153. The number of hydrogen-bond acceptors (Lipinski definition) is 2. The van der Waals surface area contributed by atoms with Crippen molar-refractivity contribution in [3.8, 4) is 5.69 Å². The highest BCUT2D eigenvalue weighted by molar-refractivity contribution is 5.86. The highest BCUT2D eigenvalue weighted by Crippen LogP contribution is 2.20. The van der Waals surface area contributed by atoms with Crippen molar-refractivity contribution in [1.82, 2.24) is 9.63 Å². The van der Waals surface area contributed by atoms with E-state index in [1.165, 1.54) is 29.9 Å². The van der Waals surface area contributed by atoms with Gasteiger partial charge in [-0.05, 0) is 36.6 Å². The number of aromatic nitrogens is 1. The molecule has 0 spiro atoms. The van der Waals surface area contributed by atoms with E-state index in [1.807, 2.05) is 24.5 Å². The Balaban J connectivity index is 2.14. The largest absolute Gasteiger partial charge is 0.323 e. The Morgan fingerprint density at radius 2 is 1.86 bits per heavy atom. The average molecular weight is 296 g/mol. The van der Waals surface area contributed by atoms with E-state index in [4.69, 9.17) is 5.21 Å². The summed E-state index contributed by atoms with van der Waals surface area (Å²) in [5.74, 6) is -0.460. The van der Waals surface area contributed by atoms with Gasteiger partial charge in [0.2, 0.25) is 0 Å². The Kier molecular flexibility index (Phi) is 4.96. The van der Waals surface area contributed by atoms with Crippen LogP contribution >= 0.6 is 0 Å². The zero-order valence-corrected chi connectivity index (χ0v) is 13.0. The molecule has 114 valence electrons. The van der Waals surface area contributed by atoms with E-state index in [-0.39, 0.29) is 0 Å². The lowest BCUT2D eigenvalue weighted by Crippen LogP contribution is -2.19. The summed E-state index contributed by atoms with van der Waals surface area (Å²) in [6.07, 6.45) is 10.6. The minimum Gasteiger partial charge on any atom is -0.323 e. The van der Waals surface area contributed by atoms with Crippen molar-refractivity contribution in [2.45, 2.75) is 13.8 Å². The second-order valence-corrected chi connectivity index (χ2v) is 5.17. The summed E-state index contributed by atoms with van der Waals surface area (Å²) in [7, 11) is 1.29. The third-order valence-electron chi connectivity index (χ3n) is 3.37. The van der Waals surface area contributed by atoms with E-state index in [1.54, 1.807) is 12.2 Å². The summed E-state index contributed by atoms with van der Waals surface area (Å²) >= 11 is 0. The number of likely N-dealkylation sites (N-methyl/N-ethyl adjacent to an activating group) is 1. The second-order valence-electron chi connectivity index (χ2n) is 5.17. The third kappa shape index (κ3) is 3.74. The highest BCUT2D eigenvalue weighted by Gasteiger charge is 2.04.